The number of methoxy groups -OCH3 is 2. The molecule has 3 nitrogen and oxygen atoms in total. The van der Waals surface area contributed by atoms with Gasteiger partial charge in [-0.3, -0.25) is 0 Å². The molecule has 1 heterocycles. The zero-order valence-electron chi connectivity index (χ0n) is 12.8. The van der Waals surface area contributed by atoms with Crippen molar-refractivity contribution in [2.24, 2.45) is 5.92 Å². The number of hydrogen-bond donors (Lipinski definition) is 1. The molecule has 0 spiro atoms. The molecule has 1 unspecified atom stereocenters. The van der Waals surface area contributed by atoms with Crippen molar-refractivity contribution in [2.45, 2.75) is 38.6 Å². The lowest BCUT2D eigenvalue weighted by Gasteiger charge is -2.34. The molecular formula is C16H24BrNO2. The van der Waals surface area contributed by atoms with Crippen LogP contribution in [0.25, 0.3) is 0 Å². The van der Waals surface area contributed by atoms with Crippen LogP contribution >= 0.6 is 15.9 Å². The van der Waals surface area contributed by atoms with E-state index in [1.807, 2.05) is 6.07 Å². The van der Waals surface area contributed by atoms with Crippen molar-refractivity contribution < 1.29 is 9.47 Å². The molecule has 1 aromatic rings. The van der Waals surface area contributed by atoms with Gasteiger partial charge in [-0.2, -0.15) is 0 Å². The summed E-state index contributed by atoms with van der Waals surface area (Å²) >= 11 is 3.61. The molecule has 0 bridgehead atoms. The van der Waals surface area contributed by atoms with E-state index in [0.29, 0.717) is 5.92 Å². The van der Waals surface area contributed by atoms with Gasteiger partial charge in [-0.15, -0.1) is 0 Å². The van der Waals surface area contributed by atoms with E-state index in [9.17, 15) is 0 Å². The van der Waals surface area contributed by atoms with Crippen LogP contribution in [0.5, 0.6) is 11.5 Å². The molecule has 1 atom stereocenters. The largest absolute Gasteiger partial charge is 0.495 e. The van der Waals surface area contributed by atoms with Gasteiger partial charge in [0.05, 0.1) is 14.2 Å². The number of nitrogens with one attached hydrogen (secondary N) is 1. The summed E-state index contributed by atoms with van der Waals surface area (Å²) in [5, 5.41) is 3.72. The van der Waals surface area contributed by atoms with Crippen molar-refractivity contribution in [3.8, 4) is 11.5 Å². The fraction of sp³-hybridized carbons (Fsp3) is 0.625. The quantitative estimate of drug-likeness (QED) is 0.874. The van der Waals surface area contributed by atoms with Crippen LogP contribution in [0, 0.1) is 5.92 Å². The van der Waals surface area contributed by atoms with Crippen LogP contribution in [0.3, 0.4) is 0 Å². The number of rotatable bonds is 5. The predicted octanol–water partition coefficient (Wildman–Crippen LogP) is 4.09. The van der Waals surface area contributed by atoms with E-state index < -0.39 is 0 Å². The van der Waals surface area contributed by atoms with Crippen molar-refractivity contribution in [1.82, 2.24) is 5.32 Å². The van der Waals surface area contributed by atoms with E-state index in [4.69, 9.17) is 9.47 Å². The molecule has 1 aromatic carbocycles. The van der Waals surface area contributed by atoms with E-state index >= 15 is 0 Å². The van der Waals surface area contributed by atoms with E-state index in [-0.39, 0.29) is 5.54 Å². The van der Waals surface area contributed by atoms with Crippen LogP contribution in [0.2, 0.25) is 0 Å². The second-order valence-corrected chi connectivity index (χ2v) is 6.67. The highest BCUT2D eigenvalue weighted by atomic mass is 79.9. The molecule has 2 rings (SSSR count). The zero-order chi connectivity index (χ0) is 14.8. The van der Waals surface area contributed by atoms with Gasteiger partial charge in [0.25, 0.3) is 0 Å². The standard InChI is InChI=1S/C16H24BrNO2/c1-11(2)10-16(8-5-9-18-16)12-6-7-13(19-3)14(17)15(12)20-4/h6-7,11,18H,5,8-10H2,1-4H3. The SMILES string of the molecule is COc1ccc(C2(CC(C)C)CCCN2)c(OC)c1Br. The minimum atomic E-state index is 0.0221. The average molecular weight is 342 g/mol. The summed E-state index contributed by atoms with van der Waals surface area (Å²) in [5.74, 6) is 2.33. The number of halogens is 1. The molecular weight excluding hydrogens is 318 g/mol. The summed E-state index contributed by atoms with van der Waals surface area (Å²) in [6.45, 7) is 5.61. The summed E-state index contributed by atoms with van der Waals surface area (Å²) < 4.78 is 11.9. The van der Waals surface area contributed by atoms with Gasteiger partial charge in [0, 0.05) is 11.1 Å². The molecule has 0 aliphatic carbocycles. The third-order valence-corrected chi connectivity index (χ3v) is 4.75. The number of hydrogen-bond acceptors (Lipinski definition) is 3. The Balaban J connectivity index is 2.51. The number of benzene rings is 1. The Bertz CT molecular complexity index is 468. The van der Waals surface area contributed by atoms with Gasteiger partial charge in [-0.25, -0.2) is 0 Å². The second-order valence-electron chi connectivity index (χ2n) is 5.87. The smallest absolute Gasteiger partial charge is 0.141 e. The number of ether oxygens (including phenoxy) is 2. The summed E-state index contributed by atoms with van der Waals surface area (Å²) in [4.78, 5) is 0. The molecule has 0 saturated carbocycles. The lowest BCUT2D eigenvalue weighted by Crippen LogP contribution is -2.38. The van der Waals surface area contributed by atoms with Gasteiger partial charge < -0.3 is 14.8 Å². The first-order chi connectivity index (χ1) is 9.54. The molecule has 1 fully saturated rings. The average Bonchev–Trinajstić information content (AvgIpc) is 2.87. The van der Waals surface area contributed by atoms with Crippen LogP contribution < -0.4 is 14.8 Å². The molecule has 0 radical (unpaired) electrons. The minimum Gasteiger partial charge on any atom is -0.495 e. The summed E-state index contributed by atoms with van der Waals surface area (Å²) in [7, 11) is 3.40. The van der Waals surface area contributed by atoms with Crippen molar-refractivity contribution in [2.75, 3.05) is 20.8 Å². The van der Waals surface area contributed by atoms with Crippen LogP contribution in [-0.4, -0.2) is 20.8 Å². The zero-order valence-corrected chi connectivity index (χ0v) is 14.3. The third kappa shape index (κ3) is 2.82. The maximum atomic E-state index is 5.67. The Morgan fingerprint density at radius 1 is 1.30 bits per heavy atom. The van der Waals surface area contributed by atoms with E-state index in [2.05, 4.69) is 41.2 Å². The maximum absolute atomic E-state index is 5.67. The molecule has 1 aliphatic rings. The fourth-order valence-corrected chi connectivity index (χ4v) is 3.96. The van der Waals surface area contributed by atoms with Crippen LogP contribution in [0.4, 0.5) is 0 Å². The maximum Gasteiger partial charge on any atom is 0.141 e. The second kappa shape index (κ2) is 6.35. The third-order valence-electron chi connectivity index (χ3n) is 4.00. The molecule has 0 amide bonds. The van der Waals surface area contributed by atoms with E-state index in [1.54, 1.807) is 14.2 Å². The lowest BCUT2D eigenvalue weighted by molar-refractivity contribution is 0.293. The van der Waals surface area contributed by atoms with Gasteiger partial charge in [-0.1, -0.05) is 13.8 Å². The van der Waals surface area contributed by atoms with Crippen molar-refractivity contribution in [3.63, 3.8) is 0 Å². The van der Waals surface area contributed by atoms with Gasteiger partial charge in [0.1, 0.15) is 16.0 Å². The molecule has 1 saturated heterocycles. The van der Waals surface area contributed by atoms with Crippen LogP contribution in [0.1, 0.15) is 38.7 Å². The van der Waals surface area contributed by atoms with Crippen molar-refractivity contribution in [3.05, 3.63) is 22.2 Å². The van der Waals surface area contributed by atoms with Crippen molar-refractivity contribution >= 4 is 15.9 Å². The Morgan fingerprint density at radius 3 is 2.55 bits per heavy atom. The Kier molecular flexibility index (Phi) is 4.97. The van der Waals surface area contributed by atoms with E-state index in [0.717, 1.165) is 35.4 Å². The monoisotopic (exact) mass is 341 g/mol. The van der Waals surface area contributed by atoms with Crippen molar-refractivity contribution in [1.29, 1.82) is 0 Å². The van der Waals surface area contributed by atoms with Crippen LogP contribution in [0.15, 0.2) is 16.6 Å². The first kappa shape index (κ1) is 15.6. The first-order valence-electron chi connectivity index (χ1n) is 7.20. The summed E-state index contributed by atoms with van der Waals surface area (Å²) in [6, 6.07) is 4.16. The van der Waals surface area contributed by atoms with Crippen LogP contribution in [-0.2, 0) is 5.54 Å². The molecule has 20 heavy (non-hydrogen) atoms. The van der Waals surface area contributed by atoms with Gasteiger partial charge >= 0.3 is 0 Å². The normalized spacial score (nSPS) is 22.3. The summed E-state index contributed by atoms with van der Waals surface area (Å²) in [5.41, 5.74) is 1.26. The van der Waals surface area contributed by atoms with Gasteiger partial charge in [0.15, 0.2) is 0 Å². The molecule has 112 valence electrons. The highest BCUT2D eigenvalue weighted by Crippen LogP contribution is 2.46. The Hall–Kier alpha value is -0.740. The molecule has 1 aliphatic heterocycles. The first-order valence-corrected chi connectivity index (χ1v) is 7.99. The summed E-state index contributed by atoms with van der Waals surface area (Å²) in [6.07, 6.45) is 3.47. The Labute approximate surface area is 130 Å². The minimum absolute atomic E-state index is 0.0221. The Morgan fingerprint density at radius 2 is 2.05 bits per heavy atom. The lowest BCUT2D eigenvalue weighted by atomic mass is 9.80. The fourth-order valence-electron chi connectivity index (χ4n) is 3.29. The molecule has 1 N–H and O–H groups in total. The van der Waals surface area contributed by atoms with Gasteiger partial charge in [-0.05, 0) is 59.8 Å². The molecule has 0 aromatic heterocycles. The van der Waals surface area contributed by atoms with E-state index in [1.165, 1.54) is 12.0 Å². The molecule has 4 heteroatoms. The topological polar surface area (TPSA) is 30.5 Å². The highest BCUT2D eigenvalue weighted by Gasteiger charge is 2.38. The highest BCUT2D eigenvalue weighted by molar-refractivity contribution is 9.10. The predicted molar refractivity (Wildman–Crippen MR) is 85.6 cm³/mol. The van der Waals surface area contributed by atoms with Gasteiger partial charge in [0.2, 0.25) is 0 Å².